The van der Waals surface area contributed by atoms with E-state index < -0.39 is 0 Å². The van der Waals surface area contributed by atoms with E-state index in [0.717, 1.165) is 12.8 Å². The quantitative estimate of drug-likeness (QED) is 0.645. The highest BCUT2D eigenvalue weighted by Crippen LogP contribution is 2.34. The molecule has 70 valence electrons. The molecular formula is C13H13N. The molecule has 0 aliphatic heterocycles. The van der Waals surface area contributed by atoms with Crippen LogP contribution in [0.15, 0.2) is 24.3 Å². The molecular weight excluding hydrogens is 170 g/mol. The zero-order chi connectivity index (χ0) is 9.54. The van der Waals surface area contributed by atoms with Gasteiger partial charge >= 0.3 is 0 Å². The molecule has 14 heavy (non-hydrogen) atoms. The molecule has 3 rings (SSSR count). The van der Waals surface area contributed by atoms with Crippen LogP contribution in [-0.4, -0.2) is 4.98 Å². The first kappa shape index (κ1) is 8.10. The Balaban J connectivity index is 2.32. The molecule has 1 aromatic heterocycles. The Morgan fingerprint density at radius 2 is 2.21 bits per heavy atom. The number of para-hydroxylation sites is 1. The molecule has 1 atom stereocenters. The average Bonchev–Trinajstić information content (AvgIpc) is 2.59. The van der Waals surface area contributed by atoms with Crippen molar-refractivity contribution in [3.8, 4) is 0 Å². The Labute approximate surface area is 84.1 Å². The lowest BCUT2D eigenvalue weighted by Crippen LogP contribution is -2.05. The van der Waals surface area contributed by atoms with Gasteiger partial charge in [-0.2, -0.15) is 0 Å². The molecule has 1 aliphatic carbocycles. The van der Waals surface area contributed by atoms with Crippen LogP contribution in [0.1, 0.15) is 30.5 Å². The van der Waals surface area contributed by atoms with Gasteiger partial charge < -0.3 is 4.98 Å². The van der Waals surface area contributed by atoms with Crippen LogP contribution in [0.25, 0.3) is 10.9 Å². The Hall–Kier alpha value is -1.24. The van der Waals surface area contributed by atoms with Crippen LogP contribution in [0.4, 0.5) is 0 Å². The predicted molar refractivity (Wildman–Crippen MR) is 58.3 cm³/mol. The maximum Gasteiger partial charge on any atom is 0.0459 e. The van der Waals surface area contributed by atoms with Crippen LogP contribution >= 0.6 is 0 Å². The Morgan fingerprint density at radius 3 is 3.14 bits per heavy atom. The van der Waals surface area contributed by atoms with E-state index in [1.54, 1.807) is 0 Å². The third-order valence-corrected chi connectivity index (χ3v) is 3.09. The number of aromatic amines is 1. The van der Waals surface area contributed by atoms with E-state index in [9.17, 15) is 0 Å². The minimum atomic E-state index is 0.603. The first-order valence-electron chi connectivity index (χ1n) is 5.16. The van der Waals surface area contributed by atoms with E-state index in [1.165, 1.54) is 22.2 Å². The smallest absolute Gasteiger partial charge is 0.0459 e. The second-order valence-corrected chi connectivity index (χ2v) is 4.09. The monoisotopic (exact) mass is 183 g/mol. The van der Waals surface area contributed by atoms with Crippen molar-refractivity contribution < 1.29 is 0 Å². The molecule has 0 amide bonds. The van der Waals surface area contributed by atoms with Crippen molar-refractivity contribution in [2.45, 2.75) is 25.7 Å². The molecule has 0 fully saturated rings. The van der Waals surface area contributed by atoms with Crippen LogP contribution in [0.3, 0.4) is 0 Å². The lowest BCUT2D eigenvalue weighted by atomic mass is 9.88. The highest BCUT2D eigenvalue weighted by Gasteiger charge is 2.20. The summed E-state index contributed by atoms with van der Waals surface area (Å²) in [4.78, 5) is 3.53. The van der Waals surface area contributed by atoms with E-state index >= 15 is 0 Å². The van der Waals surface area contributed by atoms with E-state index in [2.05, 4.69) is 42.6 Å². The van der Waals surface area contributed by atoms with Gasteiger partial charge in [0.2, 0.25) is 0 Å². The second-order valence-electron chi connectivity index (χ2n) is 4.09. The molecule has 0 saturated heterocycles. The highest BCUT2D eigenvalue weighted by molar-refractivity contribution is 5.85. The van der Waals surface area contributed by atoms with Crippen LogP contribution in [0.5, 0.6) is 0 Å². The summed E-state index contributed by atoms with van der Waals surface area (Å²) in [7, 11) is 0. The summed E-state index contributed by atoms with van der Waals surface area (Å²) in [6, 6.07) is 8.54. The zero-order valence-corrected chi connectivity index (χ0v) is 8.30. The van der Waals surface area contributed by atoms with Gasteiger partial charge in [-0.25, -0.2) is 0 Å². The van der Waals surface area contributed by atoms with Crippen molar-refractivity contribution in [3.05, 3.63) is 41.9 Å². The topological polar surface area (TPSA) is 15.8 Å². The van der Waals surface area contributed by atoms with Crippen LogP contribution < -0.4 is 0 Å². The zero-order valence-electron chi connectivity index (χ0n) is 8.30. The third kappa shape index (κ3) is 1.02. The van der Waals surface area contributed by atoms with E-state index in [0.29, 0.717) is 5.92 Å². The molecule has 1 heteroatoms. The summed E-state index contributed by atoms with van der Waals surface area (Å²) in [5.74, 6) is 0.603. The van der Waals surface area contributed by atoms with Crippen molar-refractivity contribution in [2.24, 2.45) is 0 Å². The lowest BCUT2D eigenvalue weighted by Gasteiger charge is -2.17. The number of rotatable bonds is 0. The fourth-order valence-electron chi connectivity index (χ4n) is 2.35. The lowest BCUT2D eigenvalue weighted by molar-refractivity contribution is 0.675. The fourth-order valence-corrected chi connectivity index (χ4v) is 2.35. The van der Waals surface area contributed by atoms with Gasteiger partial charge in [0.25, 0.3) is 0 Å². The van der Waals surface area contributed by atoms with E-state index in [-0.39, 0.29) is 0 Å². The Morgan fingerprint density at radius 1 is 1.36 bits per heavy atom. The number of nitrogens with one attached hydrogen (secondary N) is 1. The Bertz CT molecular complexity index is 467. The molecule has 2 radical (unpaired) electrons. The molecule has 1 N–H and O–H groups in total. The molecule has 1 nitrogen and oxygen atoms in total. The summed E-state index contributed by atoms with van der Waals surface area (Å²) in [5, 5.41) is 1.38. The largest absolute Gasteiger partial charge is 0.358 e. The second kappa shape index (κ2) is 2.88. The summed E-state index contributed by atoms with van der Waals surface area (Å²) in [6.07, 6.45) is 5.54. The van der Waals surface area contributed by atoms with Crippen molar-refractivity contribution in [1.82, 2.24) is 4.98 Å². The van der Waals surface area contributed by atoms with Crippen LogP contribution in [0, 0.1) is 6.42 Å². The van der Waals surface area contributed by atoms with Gasteiger partial charge in [-0.1, -0.05) is 25.1 Å². The third-order valence-electron chi connectivity index (χ3n) is 3.09. The highest BCUT2D eigenvalue weighted by atomic mass is 14.7. The first-order valence-corrected chi connectivity index (χ1v) is 5.16. The average molecular weight is 183 g/mol. The molecule has 0 spiro atoms. The van der Waals surface area contributed by atoms with Gasteiger partial charge in [0, 0.05) is 16.6 Å². The van der Waals surface area contributed by atoms with Crippen molar-refractivity contribution in [1.29, 1.82) is 0 Å². The van der Waals surface area contributed by atoms with Crippen molar-refractivity contribution in [2.75, 3.05) is 0 Å². The molecule has 0 bridgehead atoms. The summed E-state index contributed by atoms with van der Waals surface area (Å²) >= 11 is 0. The van der Waals surface area contributed by atoms with E-state index in [4.69, 9.17) is 0 Å². The fraction of sp³-hybridized carbons (Fsp3) is 0.308. The number of fused-ring (bicyclic) bond motifs is 3. The maximum atomic E-state index is 3.53. The van der Waals surface area contributed by atoms with Gasteiger partial charge in [-0.15, -0.1) is 0 Å². The summed E-state index contributed by atoms with van der Waals surface area (Å²) in [5.41, 5.74) is 4.15. The summed E-state index contributed by atoms with van der Waals surface area (Å²) in [6.45, 7) is 2.26. The Kier molecular flexibility index (Phi) is 1.66. The van der Waals surface area contributed by atoms with Gasteiger partial charge in [0.05, 0.1) is 0 Å². The number of aromatic nitrogens is 1. The number of hydrogen-bond donors (Lipinski definition) is 1. The molecule has 1 unspecified atom stereocenters. The molecule has 0 saturated carbocycles. The van der Waals surface area contributed by atoms with Crippen LogP contribution in [-0.2, 0) is 6.42 Å². The van der Waals surface area contributed by atoms with Crippen molar-refractivity contribution >= 4 is 10.9 Å². The van der Waals surface area contributed by atoms with Gasteiger partial charge in [-0.05, 0) is 36.8 Å². The van der Waals surface area contributed by atoms with Crippen LogP contribution in [0.2, 0.25) is 0 Å². The predicted octanol–water partition coefficient (Wildman–Crippen LogP) is 3.30. The van der Waals surface area contributed by atoms with Gasteiger partial charge in [0.1, 0.15) is 0 Å². The molecule has 2 aromatic rings. The van der Waals surface area contributed by atoms with Crippen molar-refractivity contribution in [3.63, 3.8) is 0 Å². The molecule has 1 aliphatic rings. The maximum absolute atomic E-state index is 3.53. The number of H-pyrrole nitrogens is 1. The minimum Gasteiger partial charge on any atom is -0.358 e. The SMILES string of the molecule is CC1C[C]Cc2c1[nH]c1ccccc21. The van der Waals surface area contributed by atoms with Gasteiger partial charge in [0.15, 0.2) is 0 Å². The minimum absolute atomic E-state index is 0.603. The van der Waals surface area contributed by atoms with Gasteiger partial charge in [-0.3, -0.25) is 0 Å². The number of hydrogen-bond acceptors (Lipinski definition) is 0. The standard InChI is InChI=1S/C13H13N/c1-9-5-4-7-11-10-6-2-3-8-12(10)14-13(9)11/h2-3,6,8-9,14H,5,7H2,1H3. The molecule has 1 heterocycles. The number of benzene rings is 1. The van der Waals surface area contributed by atoms with E-state index in [1.807, 2.05) is 0 Å². The summed E-state index contributed by atoms with van der Waals surface area (Å²) < 4.78 is 0. The molecule has 1 aromatic carbocycles. The normalized spacial score (nSPS) is 21.1. The first-order chi connectivity index (χ1) is 6.86.